The largest absolute Gasteiger partial charge is 0.310 e. The standard InChI is InChI=1S/C50H51N/c1-47(2,3)34-22-26-39-40-30-46(45(48(4,5)6)31-44(40)50(9,10)42(39)28-34)51(35-23-20-33(21-24-35)32-16-12-11-13-17-32)36-25-27-38-37-18-14-15-19-41(37)49(7,8)43(38)29-36/h11-31H,1-10H3. The van der Waals surface area contributed by atoms with E-state index in [4.69, 9.17) is 0 Å². The first-order valence-electron chi connectivity index (χ1n) is 18.6. The molecule has 6 aromatic rings. The van der Waals surface area contributed by atoms with Crippen molar-refractivity contribution in [3.8, 4) is 33.4 Å². The minimum Gasteiger partial charge on any atom is -0.310 e. The van der Waals surface area contributed by atoms with Gasteiger partial charge in [-0.25, -0.2) is 0 Å². The highest BCUT2D eigenvalue weighted by atomic mass is 15.1. The molecule has 0 atom stereocenters. The second kappa shape index (κ2) is 11.3. The number of hydrogen-bond donors (Lipinski definition) is 0. The Morgan fingerprint density at radius 3 is 1.63 bits per heavy atom. The fourth-order valence-electron chi connectivity index (χ4n) is 8.71. The molecule has 0 saturated carbocycles. The van der Waals surface area contributed by atoms with Crippen LogP contribution in [0.25, 0.3) is 33.4 Å². The molecule has 0 radical (unpaired) electrons. The summed E-state index contributed by atoms with van der Waals surface area (Å²) in [6.07, 6.45) is 0. The van der Waals surface area contributed by atoms with Gasteiger partial charge in [-0.2, -0.15) is 0 Å². The summed E-state index contributed by atoms with van der Waals surface area (Å²) < 4.78 is 0. The van der Waals surface area contributed by atoms with E-state index in [0.29, 0.717) is 0 Å². The fraction of sp³-hybridized carbons (Fsp3) is 0.280. The minimum atomic E-state index is -0.101. The van der Waals surface area contributed by atoms with Gasteiger partial charge in [-0.3, -0.25) is 0 Å². The lowest BCUT2D eigenvalue weighted by Crippen LogP contribution is -2.22. The average molecular weight is 666 g/mol. The molecule has 51 heavy (non-hydrogen) atoms. The Balaban J connectivity index is 1.38. The number of nitrogens with zero attached hydrogens (tertiary/aromatic N) is 1. The summed E-state index contributed by atoms with van der Waals surface area (Å²) in [5, 5.41) is 0. The van der Waals surface area contributed by atoms with Gasteiger partial charge in [0, 0.05) is 22.2 Å². The molecular weight excluding hydrogens is 615 g/mol. The van der Waals surface area contributed by atoms with Gasteiger partial charge in [0.25, 0.3) is 0 Å². The van der Waals surface area contributed by atoms with E-state index in [1.165, 1.54) is 78.1 Å². The summed E-state index contributed by atoms with van der Waals surface area (Å²) in [5.74, 6) is 0. The van der Waals surface area contributed by atoms with Crippen LogP contribution in [0, 0.1) is 0 Å². The Labute approximate surface area is 306 Å². The Hall–Kier alpha value is -4.88. The number of hydrogen-bond acceptors (Lipinski definition) is 1. The van der Waals surface area contributed by atoms with Gasteiger partial charge in [0.05, 0.1) is 5.69 Å². The summed E-state index contributed by atoms with van der Waals surface area (Å²) >= 11 is 0. The van der Waals surface area contributed by atoms with Crippen LogP contribution in [-0.4, -0.2) is 0 Å². The summed E-state index contributed by atoms with van der Waals surface area (Å²) in [6.45, 7) is 23.6. The second-order valence-electron chi connectivity index (χ2n) is 17.9. The number of anilines is 3. The van der Waals surface area contributed by atoms with Crippen molar-refractivity contribution in [3.05, 3.63) is 161 Å². The maximum Gasteiger partial charge on any atom is 0.0505 e. The third-order valence-electron chi connectivity index (χ3n) is 11.8. The number of benzene rings is 6. The molecule has 0 bridgehead atoms. The minimum absolute atomic E-state index is 0.0886. The summed E-state index contributed by atoms with van der Waals surface area (Å²) in [6, 6.07) is 48.2. The monoisotopic (exact) mass is 665 g/mol. The van der Waals surface area contributed by atoms with E-state index in [1.54, 1.807) is 0 Å². The van der Waals surface area contributed by atoms with Crippen molar-refractivity contribution in [1.82, 2.24) is 0 Å². The van der Waals surface area contributed by atoms with Crippen LogP contribution in [0.1, 0.15) is 103 Å². The van der Waals surface area contributed by atoms with Crippen molar-refractivity contribution >= 4 is 17.1 Å². The van der Waals surface area contributed by atoms with Gasteiger partial charge in [-0.15, -0.1) is 0 Å². The van der Waals surface area contributed by atoms with Gasteiger partial charge in [0.15, 0.2) is 0 Å². The Morgan fingerprint density at radius 1 is 0.412 bits per heavy atom. The summed E-state index contributed by atoms with van der Waals surface area (Å²) in [7, 11) is 0. The van der Waals surface area contributed by atoms with Crippen LogP contribution in [0.15, 0.2) is 127 Å². The number of fused-ring (bicyclic) bond motifs is 6. The molecule has 256 valence electrons. The van der Waals surface area contributed by atoms with Crippen molar-refractivity contribution in [1.29, 1.82) is 0 Å². The first-order valence-corrected chi connectivity index (χ1v) is 18.6. The van der Waals surface area contributed by atoms with Crippen molar-refractivity contribution in [2.75, 3.05) is 4.90 Å². The van der Waals surface area contributed by atoms with Crippen LogP contribution in [0.4, 0.5) is 17.1 Å². The van der Waals surface area contributed by atoms with Gasteiger partial charge >= 0.3 is 0 Å². The zero-order valence-electron chi connectivity index (χ0n) is 32.1. The molecule has 0 spiro atoms. The Kier molecular flexibility index (Phi) is 7.38. The molecular formula is C50H51N. The summed E-state index contributed by atoms with van der Waals surface area (Å²) in [5.41, 5.74) is 19.6. The van der Waals surface area contributed by atoms with E-state index >= 15 is 0 Å². The van der Waals surface area contributed by atoms with Crippen LogP contribution >= 0.6 is 0 Å². The zero-order chi connectivity index (χ0) is 36.1. The smallest absolute Gasteiger partial charge is 0.0505 e. The molecule has 6 aromatic carbocycles. The SMILES string of the molecule is CC(C)(C)c1ccc2c(c1)C(C)(C)c1cc(C(C)(C)C)c(N(c3ccc(-c4ccccc4)cc3)c3ccc4c(c3)C(C)(C)c3ccccc3-4)cc1-2. The molecule has 0 heterocycles. The van der Waals surface area contributed by atoms with Crippen LogP contribution in [0.3, 0.4) is 0 Å². The van der Waals surface area contributed by atoms with Gasteiger partial charge < -0.3 is 4.90 Å². The first-order chi connectivity index (χ1) is 24.1. The maximum atomic E-state index is 2.54. The lowest BCUT2D eigenvalue weighted by atomic mass is 9.77. The molecule has 0 aromatic heterocycles. The van der Waals surface area contributed by atoms with E-state index in [0.717, 1.165) is 5.69 Å². The normalized spacial score (nSPS) is 15.2. The first kappa shape index (κ1) is 33.3. The fourth-order valence-corrected chi connectivity index (χ4v) is 8.71. The molecule has 0 amide bonds. The Bertz CT molecular complexity index is 2300. The Morgan fingerprint density at radius 2 is 0.941 bits per heavy atom. The van der Waals surface area contributed by atoms with Gasteiger partial charge in [-0.05, 0) is 108 Å². The molecule has 1 heteroatoms. The van der Waals surface area contributed by atoms with E-state index in [-0.39, 0.29) is 21.7 Å². The topological polar surface area (TPSA) is 3.24 Å². The third-order valence-corrected chi connectivity index (χ3v) is 11.8. The van der Waals surface area contributed by atoms with Gasteiger partial charge in [0.1, 0.15) is 0 Å². The second-order valence-corrected chi connectivity index (χ2v) is 17.9. The molecule has 0 aliphatic heterocycles. The number of rotatable bonds is 4. The lowest BCUT2D eigenvalue weighted by Gasteiger charge is -2.34. The molecule has 1 nitrogen and oxygen atoms in total. The predicted molar refractivity (Wildman–Crippen MR) is 219 cm³/mol. The van der Waals surface area contributed by atoms with Crippen molar-refractivity contribution in [2.45, 2.75) is 90.9 Å². The van der Waals surface area contributed by atoms with Gasteiger partial charge in [-0.1, -0.05) is 166 Å². The van der Waals surface area contributed by atoms with Crippen LogP contribution < -0.4 is 4.90 Å². The van der Waals surface area contributed by atoms with Crippen LogP contribution in [-0.2, 0) is 21.7 Å². The summed E-state index contributed by atoms with van der Waals surface area (Å²) in [4.78, 5) is 2.53. The predicted octanol–water partition coefficient (Wildman–Crippen LogP) is 14.0. The molecule has 0 unspecified atom stereocenters. The molecule has 2 aliphatic rings. The maximum absolute atomic E-state index is 2.54. The highest BCUT2D eigenvalue weighted by molar-refractivity contribution is 5.91. The van der Waals surface area contributed by atoms with Crippen molar-refractivity contribution < 1.29 is 0 Å². The molecule has 0 fully saturated rings. The van der Waals surface area contributed by atoms with E-state index in [2.05, 4.69) is 202 Å². The van der Waals surface area contributed by atoms with E-state index in [9.17, 15) is 0 Å². The van der Waals surface area contributed by atoms with E-state index in [1.807, 2.05) is 0 Å². The van der Waals surface area contributed by atoms with E-state index < -0.39 is 0 Å². The van der Waals surface area contributed by atoms with Crippen molar-refractivity contribution in [3.63, 3.8) is 0 Å². The third kappa shape index (κ3) is 5.27. The molecule has 2 aliphatic carbocycles. The van der Waals surface area contributed by atoms with Crippen LogP contribution in [0.5, 0.6) is 0 Å². The van der Waals surface area contributed by atoms with Crippen LogP contribution in [0.2, 0.25) is 0 Å². The zero-order valence-corrected chi connectivity index (χ0v) is 32.1. The molecule has 8 rings (SSSR count). The van der Waals surface area contributed by atoms with Crippen molar-refractivity contribution in [2.24, 2.45) is 0 Å². The lowest BCUT2D eigenvalue weighted by molar-refractivity contribution is 0.580. The highest BCUT2D eigenvalue weighted by Crippen LogP contribution is 2.55. The average Bonchev–Trinajstić information content (AvgIpc) is 3.46. The highest BCUT2D eigenvalue weighted by Gasteiger charge is 2.40. The van der Waals surface area contributed by atoms with Gasteiger partial charge in [0.2, 0.25) is 0 Å². The molecule has 0 saturated heterocycles. The quantitative estimate of drug-likeness (QED) is 0.181. The molecule has 0 N–H and O–H groups in total.